The van der Waals surface area contributed by atoms with Crippen LogP contribution in [0.3, 0.4) is 0 Å². The Morgan fingerprint density at radius 3 is 2.79 bits per heavy atom. The molecule has 0 aliphatic heterocycles. The molecular weight excluding hydrogens is 316 g/mol. The molecule has 24 heavy (non-hydrogen) atoms. The highest BCUT2D eigenvalue weighted by Gasteiger charge is 2.22. The smallest absolute Gasteiger partial charge is 0.191 e. The molecule has 0 radical (unpaired) electrons. The van der Waals surface area contributed by atoms with Crippen molar-refractivity contribution < 1.29 is 0 Å². The second-order valence-corrected chi connectivity index (χ2v) is 7.30. The van der Waals surface area contributed by atoms with Crippen LogP contribution in [0, 0.1) is 0 Å². The van der Waals surface area contributed by atoms with E-state index in [0.717, 1.165) is 16.7 Å². The first-order valence-electron chi connectivity index (χ1n) is 8.38. The van der Waals surface area contributed by atoms with Gasteiger partial charge in [-0.2, -0.15) is 0 Å². The topological polar surface area (TPSA) is 43.6 Å². The molecule has 0 bridgehead atoms. The lowest BCUT2D eigenvalue weighted by Gasteiger charge is -2.16. The summed E-state index contributed by atoms with van der Waals surface area (Å²) in [5.41, 5.74) is 3.81. The maximum Gasteiger partial charge on any atom is 0.191 e. The highest BCUT2D eigenvalue weighted by Crippen LogP contribution is 2.42. The number of aryl methyl sites for hydroxylation is 1. The summed E-state index contributed by atoms with van der Waals surface area (Å²) in [7, 11) is 2.02. The van der Waals surface area contributed by atoms with Gasteiger partial charge >= 0.3 is 0 Å². The van der Waals surface area contributed by atoms with Gasteiger partial charge in [0.15, 0.2) is 11.0 Å². The molecule has 5 heteroatoms. The Morgan fingerprint density at radius 1 is 1.04 bits per heavy atom. The molecule has 1 aliphatic carbocycles. The molecule has 0 saturated carbocycles. The van der Waals surface area contributed by atoms with Gasteiger partial charge in [0.1, 0.15) is 5.69 Å². The van der Waals surface area contributed by atoms with Crippen molar-refractivity contribution >= 4 is 11.8 Å². The van der Waals surface area contributed by atoms with Crippen molar-refractivity contribution in [2.24, 2.45) is 7.05 Å². The number of benzene rings is 1. The molecule has 3 aromatic rings. The van der Waals surface area contributed by atoms with Crippen LogP contribution >= 0.6 is 11.8 Å². The number of rotatable bonds is 3. The lowest BCUT2D eigenvalue weighted by atomic mass is 10.0. The van der Waals surface area contributed by atoms with Gasteiger partial charge in [0, 0.05) is 18.5 Å². The monoisotopic (exact) mass is 336 g/mol. The van der Waals surface area contributed by atoms with Crippen molar-refractivity contribution in [1.82, 2.24) is 19.7 Å². The molecular formula is C19H20N4S. The van der Waals surface area contributed by atoms with Crippen molar-refractivity contribution in [2.45, 2.75) is 36.1 Å². The summed E-state index contributed by atoms with van der Waals surface area (Å²) in [6.07, 6.45) is 6.69. The molecule has 0 fully saturated rings. The predicted octanol–water partition coefficient (Wildman–Crippen LogP) is 4.44. The molecule has 2 aromatic heterocycles. The summed E-state index contributed by atoms with van der Waals surface area (Å²) in [5.74, 6) is 0.819. The van der Waals surface area contributed by atoms with E-state index in [4.69, 9.17) is 0 Å². The molecule has 0 N–H and O–H groups in total. The third-order valence-corrected chi connectivity index (χ3v) is 5.88. The highest BCUT2D eigenvalue weighted by molar-refractivity contribution is 7.99. The number of hydrogen-bond acceptors (Lipinski definition) is 4. The predicted molar refractivity (Wildman–Crippen MR) is 96.8 cm³/mol. The Kier molecular flexibility index (Phi) is 4.34. The lowest BCUT2D eigenvalue weighted by Crippen LogP contribution is -2.00. The van der Waals surface area contributed by atoms with Gasteiger partial charge in [0.25, 0.3) is 0 Å². The summed E-state index contributed by atoms with van der Waals surface area (Å²) < 4.78 is 2.06. The second-order valence-electron chi connectivity index (χ2n) is 6.13. The zero-order valence-electron chi connectivity index (χ0n) is 13.7. The van der Waals surface area contributed by atoms with E-state index in [2.05, 4.69) is 44.0 Å². The van der Waals surface area contributed by atoms with Gasteiger partial charge in [-0.15, -0.1) is 10.2 Å². The van der Waals surface area contributed by atoms with Crippen molar-refractivity contribution in [3.8, 4) is 11.5 Å². The summed E-state index contributed by atoms with van der Waals surface area (Å²) in [6.45, 7) is 0. The molecule has 0 amide bonds. The van der Waals surface area contributed by atoms with Crippen molar-refractivity contribution in [2.75, 3.05) is 0 Å². The van der Waals surface area contributed by atoms with Crippen molar-refractivity contribution in [1.29, 1.82) is 0 Å². The quantitative estimate of drug-likeness (QED) is 0.663. The van der Waals surface area contributed by atoms with Crippen LogP contribution < -0.4 is 0 Å². The van der Waals surface area contributed by atoms with E-state index < -0.39 is 0 Å². The minimum atomic E-state index is 0.447. The number of fused-ring (bicyclic) bond motifs is 1. The van der Waals surface area contributed by atoms with Gasteiger partial charge in [-0.3, -0.25) is 4.98 Å². The van der Waals surface area contributed by atoms with E-state index in [-0.39, 0.29) is 0 Å². The summed E-state index contributed by atoms with van der Waals surface area (Å²) in [4.78, 5) is 4.39. The minimum absolute atomic E-state index is 0.447. The third kappa shape index (κ3) is 2.96. The Labute approximate surface area is 146 Å². The van der Waals surface area contributed by atoms with E-state index in [0.29, 0.717) is 5.25 Å². The minimum Gasteiger partial charge on any atom is -0.304 e. The molecule has 0 spiro atoms. The highest BCUT2D eigenvalue weighted by atomic mass is 32.2. The van der Waals surface area contributed by atoms with Gasteiger partial charge in [0.2, 0.25) is 0 Å². The fourth-order valence-corrected chi connectivity index (χ4v) is 4.49. The largest absolute Gasteiger partial charge is 0.304 e. The van der Waals surface area contributed by atoms with Crippen molar-refractivity contribution in [3.63, 3.8) is 0 Å². The molecule has 0 saturated heterocycles. The summed E-state index contributed by atoms with van der Waals surface area (Å²) in [5, 5.41) is 10.2. The van der Waals surface area contributed by atoms with E-state index in [1.54, 1.807) is 6.20 Å². The Hall–Kier alpha value is -2.14. The first kappa shape index (κ1) is 15.4. The van der Waals surface area contributed by atoms with Crippen LogP contribution in [0.25, 0.3) is 11.5 Å². The third-order valence-electron chi connectivity index (χ3n) is 4.54. The van der Waals surface area contributed by atoms with Gasteiger partial charge < -0.3 is 4.57 Å². The zero-order valence-corrected chi connectivity index (χ0v) is 14.5. The van der Waals surface area contributed by atoms with E-state index >= 15 is 0 Å². The second kappa shape index (κ2) is 6.77. The van der Waals surface area contributed by atoms with Gasteiger partial charge in [0.05, 0.1) is 0 Å². The van der Waals surface area contributed by atoms with E-state index in [1.807, 2.05) is 37.0 Å². The van der Waals surface area contributed by atoms with Gasteiger partial charge in [-0.25, -0.2) is 0 Å². The van der Waals surface area contributed by atoms with Gasteiger partial charge in [-0.05, 0) is 42.5 Å². The summed E-state index contributed by atoms with van der Waals surface area (Å²) in [6, 6.07) is 14.7. The Bertz CT molecular complexity index is 828. The number of pyridine rings is 1. The van der Waals surface area contributed by atoms with Crippen LogP contribution in [0.5, 0.6) is 0 Å². The molecule has 1 aromatic carbocycles. The number of thioether (sulfide) groups is 1. The maximum absolute atomic E-state index is 4.43. The van der Waals surface area contributed by atoms with Gasteiger partial charge in [-0.1, -0.05) is 48.5 Å². The fourth-order valence-electron chi connectivity index (χ4n) is 3.26. The Balaban J connectivity index is 1.64. The lowest BCUT2D eigenvalue weighted by molar-refractivity contribution is 0.699. The van der Waals surface area contributed by atoms with Crippen LogP contribution in [0.4, 0.5) is 0 Å². The van der Waals surface area contributed by atoms with E-state index in [1.165, 1.54) is 36.8 Å². The number of aromatic nitrogens is 4. The van der Waals surface area contributed by atoms with Crippen LogP contribution in [0.15, 0.2) is 53.8 Å². The standard InChI is InChI=1S/C19H20N4S/c1-23-18(16-11-6-7-13-20-16)21-22-19(23)24-17-12-5-3-9-14-8-2-4-10-15(14)17/h2,4,6-8,10-11,13,17H,3,5,9,12H2,1H3/t17-/m1/s1. The molecule has 1 aliphatic rings. The summed E-state index contributed by atoms with van der Waals surface area (Å²) >= 11 is 1.82. The fraction of sp³-hybridized carbons (Fsp3) is 0.316. The SMILES string of the molecule is Cn1c(S[C@@H]2CCCCc3ccccc32)nnc1-c1ccccn1. The first-order chi connectivity index (χ1) is 11.8. The van der Waals surface area contributed by atoms with Crippen LogP contribution in [-0.4, -0.2) is 19.7 Å². The molecule has 2 heterocycles. The Morgan fingerprint density at radius 2 is 1.92 bits per heavy atom. The molecule has 0 unspecified atom stereocenters. The molecule has 1 atom stereocenters. The van der Waals surface area contributed by atoms with Crippen molar-refractivity contribution in [3.05, 3.63) is 59.8 Å². The van der Waals surface area contributed by atoms with Crippen LogP contribution in [-0.2, 0) is 13.5 Å². The average molecular weight is 336 g/mol. The first-order valence-corrected chi connectivity index (χ1v) is 9.26. The average Bonchev–Trinajstić information content (AvgIpc) is 2.86. The zero-order chi connectivity index (χ0) is 16.4. The molecule has 122 valence electrons. The van der Waals surface area contributed by atoms with Crippen LogP contribution in [0.2, 0.25) is 0 Å². The van der Waals surface area contributed by atoms with E-state index in [9.17, 15) is 0 Å². The number of hydrogen-bond donors (Lipinski definition) is 0. The molecule has 4 rings (SSSR count). The normalized spacial score (nSPS) is 17.3. The molecule has 4 nitrogen and oxygen atoms in total. The number of nitrogens with zero attached hydrogens (tertiary/aromatic N) is 4. The maximum atomic E-state index is 4.43. The van der Waals surface area contributed by atoms with Crippen LogP contribution in [0.1, 0.15) is 35.6 Å².